The largest absolute Gasteiger partial charge is 0.326 e. The Hall–Kier alpha value is -0.570. The second kappa shape index (κ2) is 5.60. The maximum absolute atomic E-state index is 12.4. The van der Waals surface area contributed by atoms with Gasteiger partial charge in [-0.2, -0.15) is 0 Å². The highest BCUT2D eigenvalue weighted by molar-refractivity contribution is 5.84. The standard InChI is InChI=1S/C15H30N2O/c1-8-12-16-13(10(2)3)14(18)17(12)9-11(4)15(5,6)7/h10-13,16H,8-9H2,1-7H3. The highest BCUT2D eigenvalue weighted by atomic mass is 16.2. The van der Waals surface area contributed by atoms with Crippen LogP contribution in [0.3, 0.4) is 0 Å². The van der Waals surface area contributed by atoms with Gasteiger partial charge < -0.3 is 4.90 Å². The maximum Gasteiger partial charge on any atom is 0.241 e. The molecule has 106 valence electrons. The van der Waals surface area contributed by atoms with Gasteiger partial charge in [-0.3, -0.25) is 10.1 Å². The molecule has 3 heteroatoms. The van der Waals surface area contributed by atoms with E-state index in [1.54, 1.807) is 0 Å². The summed E-state index contributed by atoms with van der Waals surface area (Å²) in [4.78, 5) is 14.5. The van der Waals surface area contributed by atoms with E-state index in [0.29, 0.717) is 11.8 Å². The van der Waals surface area contributed by atoms with Crippen LogP contribution >= 0.6 is 0 Å². The third kappa shape index (κ3) is 3.25. The Morgan fingerprint density at radius 2 is 1.83 bits per heavy atom. The molecule has 3 unspecified atom stereocenters. The van der Waals surface area contributed by atoms with Crippen LogP contribution in [-0.4, -0.2) is 29.6 Å². The van der Waals surface area contributed by atoms with E-state index in [9.17, 15) is 4.79 Å². The van der Waals surface area contributed by atoms with Crippen LogP contribution in [0.1, 0.15) is 54.9 Å². The van der Waals surface area contributed by atoms with Gasteiger partial charge in [-0.05, 0) is 23.7 Å². The zero-order valence-corrected chi connectivity index (χ0v) is 13.1. The van der Waals surface area contributed by atoms with E-state index in [1.165, 1.54) is 0 Å². The first kappa shape index (κ1) is 15.5. The van der Waals surface area contributed by atoms with Gasteiger partial charge in [0.15, 0.2) is 0 Å². The van der Waals surface area contributed by atoms with Crippen molar-refractivity contribution >= 4 is 5.91 Å². The molecule has 1 aliphatic rings. The molecule has 1 amide bonds. The third-order valence-corrected chi connectivity index (χ3v) is 4.30. The van der Waals surface area contributed by atoms with Gasteiger partial charge in [0.25, 0.3) is 0 Å². The van der Waals surface area contributed by atoms with Crippen LogP contribution in [0.15, 0.2) is 0 Å². The minimum absolute atomic E-state index is 0.00196. The normalized spacial score (nSPS) is 27.1. The summed E-state index contributed by atoms with van der Waals surface area (Å²) in [5.41, 5.74) is 0.245. The molecule has 0 aromatic rings. The van der Waals surface area contributed by atoms with E-state index < -0.39 is 0 Å². The molecule has 1 heterocycles. The maximum atomic E-state index is 12.4. The average molecular weight is 254 g/mol. The van der Waals surface area contributed by atoms with Crippen LogP contribution in [-0.2, 0) is 4.79 Å². The summed E-state index contributed by atoms with van der Waals surface area (Å²) in [5, 5.41) is 3.47. The van der Waals surface area contributed by atoms with Crippen molar-refractivity contribution in [1.82, 2.24) is 10.2 Å². The smallest absolute Gasteiger partial charge is 0.241 e. The summed E-state index contributed by atoms with van der Waals surface area (Å²) >= 11 is 0. The fraction of sp³-hybridized carbons (Fsp3) is 0.933. The first-order valence-electron chi connectivity index (χ1n) is 7.25. The predicted octanol–water partition coefficient (Wildman–Crippen LogP) is 2.86. The first-order valence-corrected chi connectivity index (χ1v) is 7.25. The van der Waals surface area contributed by atoms with Gasteiger partial charge in [0.1, 0.15) is 0 Å². The zero-order chi connectivity index (χ0) is 14.1. The van der Waals surface area contributed by atoms with Gasteiger partial charge in [-0.25, -0.2) is 0 Å². The number of rotatable bonds is 4. The minimum atomic E-state index is 0.00196. The van der Waals surface area contributed by atoms with Crippen molar-refractivity contribution in [1.29, 1.82) is 0 Å². The second-order valence-electron chi connectivity index (χ2n) is 7.07. The summed E-state index contributed by atoms with van der Waals surface area (Å²) in [6.45, 7) is 16.2. The Labute approximate surface area is 112 Å². The van der Waals surface area contributed by atoms with Crippen LogP contribution in [0.5, 0.6) is 0 Å². The minimum Gasteiger partial charge on any atom is -0.326 e. The molecule has 1 aliphatic heterocycles. The predicted molar refractivity (Wildman–Crippen MR) is 76.2 cm³/mol. The Morgan fingerprint density at radius 1 is 1.28 bits per heavy atom. The fourth-order valence-corrected chi connectivity index (χ4v) is 2.30. The summed E-state index contributed by atoms with van der Waals surface area (Å²) < 4.78 is 0. The summed E-state index contributed by atoms with van der Waals surface area (Å²) in [5.74, 6) is 1.15. The van der Waals surface area contributed by atoms with Crippen LogP contribution < -0.4 is 5.32 Å². The number of hydrogen-bond acceptors (Lipinski definition) is 2. The number of nitrogens with zero attached hydrogens (tertiary/aromatic N) is 1. The molecule has 0 aliphatic carbocycles. The van der Waals surface area contributed by atoms with E-state index in [4.69, 9.17) is 0 Å². The second-order valence-corrected chi connectivity index (χ2v) is 7.07. The van der Waals surface area contributed by atoms with Crippen molar-refractivity contribution in [2.75, 3.05) is 6.54 Å². The molecule has 18 heavy (non-hydrogen) atoms. The molecule has 0 spiro atoms. The zero-order valence-electron chi connectivity index (χ0n) is 13.1. The Morgan fingerprint density at radius 3 is 2.22 bits per heavy atom. The van der Waals surface area contributed by atoms with Crippen molar-refractivity contribution in [2.45, 2.75) is 67.1 Å². The monoisotopic (exact) mass is 254 g/mol. The van der Waals surface area contributed by atoms with Crippen LogP contribution in [0, 0.1) is 17.3 Å². The molecular weight excluding hydrogens is 224 g/mol. The molecule has 0 aromatic carbocycles. The van der Waals surface area contributed by atoms with Gasteiger partial charge in [-0.1, -0.05) is 48.5 Å². The quantitative estimate of drug-likeness (QED) is 0.836. The lowest BCUT2D eigenvalue weighted by atomic mass is 9.81. The Bertz CT molecular complexity index is 293. The molecule has 1 N–H and O–H groups in total. The van der Waals surface area contributed by atoms with Crippen molar-refractivity contribution in [2.24, 2.45) is 17.3 Å². The van der Waals surface area contributed by atoms with E-state index in [1.807, 2.05) is 0 Å². The number of hydrogen-bond donors (Lipinski definition) is 1. The van der Waals surface area contributed by atoms with Crippen molar-refractivity contribution in [3.63, 3.8) is 0 Å². The molecule has 1 rings (SSSR count). The lowest BCUT2D eigenvalue weighted by molar-refractivity contribution is -0.131. The van der Waals surface area contributed by atoms with Gasteiger partial charge in [0, 0.05) is 6.54 Å². The van der Waals surface area contributed by atoms with E-state index in [-0.39, 0.29) is 23.5 Å². The summed E-state index contributed by atoms with van der Waals surface area (Å²) in [6.07, 6.45) is 1.20. The molecule has 0 bridgehead atoms. The molecular formula is C15H30N2O. The summed E-state index contributed by atoms with van der Waals surface area (Å²) in [6, 6.07) is 0.00196. The highest BCUT2D eigenvalue weighted by Gasteiger charge is 2.40. The molecule has 0 saturated carbocycles. The van der Waals surface area contributed by atoms with Crippen molar-refractivity contribution in [3.8, 4) is 0 Å². The topological polar surface area (TPSA) is 32.3 Å². The molecule has 1 fully saturated rings. The van der Waals surface area contributed by atoms with E-state index in [2.05, 4.69) is 58.7 Å². The number of carbonyl (C=O) groups is 1. The third-order valence-electron chi connectivity index (χ3n) is 4.30. The van der Waals surface area contributed by atoms with Crippen LogP contribution in [0.25, 0.3) is 0 Å². The molecule has 0 radical (unpaired) electrons. The van der Waals surface area contributed by atoms with E-state index >= 15 is 0 Å². The lowest BCUT2D eigenvalue weighted by Crippen LogP contribution is -2.42. The van der Waals surface area contributed by atoms with E-state index in [0.717, 1.165) is 13.0 Å². The highest BCUT2D eigenvalue weighted by Crippen LogP contribution is 2.29. The van der Waals surface area contributed by atoms with Gasteiger partial charge in [0.2, 0.25) is 5.91 Å². The number of nitrogens with one attached hydrogen (secondary N) is 1. The number of carbonyl (C=O) groups excluding carboxylic acids is 1. The fourth-order valence-electron chi connectivity index (χ4n) is 2.30. The van der Waals surface area contributed by atoms with Crippen LogP contribution in [0.4, 0.5) is 0 Å². The Kier molecular flexibility index (Phi) is 4.82. The molecule has 3 nitrogen and oxygen atoms in total. The number of amides is 1. The lowest BCUT2D eigenvalue weighted by Gasteiger charge is -2.33. The summed E-state index contributed by atoms with van der Waals surface area (Å²) in [7, 11) is 0. The van der Waals surface area contributed by atoms with Crippen molar-refractivity contribution in [3.05, 3.63) is 0 Å². The van der Waals surface area contributed by atoms with Gasteiger partial charge in [0.05, 0.1) is 12.2 Å². The van der Waals surface area contributed by atoms with Crippen LogP contribution in [0.2, 0.25) is 0 Å². The van der Waals surface area contributed by atoms with Gasteiger partial charge >= 0.3 is 0 Å². The molecule has 1 saturated heterocycles. The van der Waals surface area contributed by atoms with Gasteiger partial charge in [-0.15, -0.1) is 0 Å². The SMILES string of the molecule is CCC1NC(C(C)C)C(=O)N1CC(C)C(C)(C)C. The average Bonchev–Trinajstić information content (AvgIpc) is 2.55. The van der Waals surface area contributed by atoms with Crippen molar-refractivity contribution < 1.29 is 4.79 Å². The first-order chi connectivity index (χ1) is 8.18. The molecule has 0 aromatic heterocycles. The Balaban J connectivity index is 2.77. The molecule has 3 atom stereocenters.